The van der Waals surface area contributed by atoms with Crippen LogP contribution in [0, 0.1) is 10.1 Å². The molecule has 0 atom stereocenters. The normalized spacial score (nSPS) is 10.2. The standard InChI is InChI=1S/C13H9NO5S/c15-9-5-1-2-6-10(9)20-11-7-3-4-8(13(16)17)12(11)14(18)19/h1-7,15H,(H,16,17). The number of carboxylic acids is 1. The van der Waals surface area contributed by atoms with E-state index in [-0.39, 0.29) is 16.2 Å². The molecular formula is C13H9NO5S. The van der Waals surface area contributed by atoms with Crippen LogP contribution in [0.1, 0.15) is 10.4 Å². The van der Waals surface area contributed by atoms with Crippen LogP contribution in [-0.4, -0.2) is 21.1 Å². The van der Waals surface area contributed by atoms with E-state index >= 15 is 0 Å². The highest BCUT2D eigenvalue weighted by Crippen LogP contribution is 2.40. The van der Waals surface area contributed by atoms with Crippen LogP contribution in [0.3, 0.4) is 0 Å². The Kier molecular flexibility index (Phi) is 3.90. The predicted molar refractivity (Wildman–Crippen MR) is 72.3 cm³/mol. The van der Waals surface area contributed by atoms with Crippen LogP contribution < -0.4 is 0 Å². The molecule has 20 heavy (non-hydrogen) atoms. The summed E-state index contributed by atoms with van der Waals surface area (Å²) in [6.07, 6.45) is 0. The molecule has 0 bridgehead atoms. The fourth-order valence-electron chi connectivity index (χ4n) is 1.63. The smallest absolute Gasteiger partial charge is 0.342 e. The third kappa shape index (κ3) is 2.72. The first kappa shape index (κ1) is 13.9. The summed E-state index contributed by atoms with van der Waals surface area (Å²) in [7, 11) is 0. The Morgan fingerprint density at radius 1 is 1.10 bits per heavy atom. The number of nitrogens with zero attached hydrogens (tertiary/aromatic N) is 1. The summed E-state index contributed by atoms with van der Waals surface area (Å²) in [5.74, 6) is -1.39. The SMILES string of the molecule is O=C(O)c1cccc(Sc2ccccc2O)c1[N+](=O)[O-]. The van der Waals surface area contributed by atoms with Crippen molar-refractivity contribution in [2.24, 2.45) is 0 Å². The Labute approximate surface area is 117 Å². The molecule has 0 fully saturated rings. The van der Waals surface area contributed by atoms with Crippen LogP contribution in [-0.2, 0) is 0 Å². The van der Waals surface area contributed by atoms with E-state index in [1.807, 2.05) is 0 Å². The second-order valence-electron chi connectivity index (χ2n) is 3.78. The molecule has 2 N–H and O–H groups in total. The van der Waals surface area contributed by atoms with Crippen molar-refractivity contribution in [2.45, 2.75) is 9.79 Å². The molecule has 0 aliphatic heterocycles. The quantitative estimate of drug-likeness (QED) is 0.663. The molecule has 0 unspecified atom stereocenters. The van der Waals surface area contributed by atoms with Gasteiger partial charge in [-0.3, -0.25) is 10.1 Å². The fourth-order valence-corrected chi connectivity index (χ4v) is 2.61. The first-order chi connectivity index (χ1) is 9.50. The second kappa shape index (κ2) is 5.62. The van der Waals surface area contributed by atoms with Gasteiger partial charge in [-0.2, -0.15) is 0 Å². The number of para-hydroxylation sites is 2. The Morgan fingerprint density at radius 2 is 1.75 bits per heavy atom. The number of aromatic hydroxyl groups is 1. The van der Waals surface area contributed by atoms with Crippen LogP contribution in [0.4, 0.5) is 5.69 Å². The van der Waals surface area contributed by atoms with Crippen molar-refractivity contribution in [1.82, 2.24) is 0 Å². The van der Waals surface area contributed by atoms with Gasteiger partial charge in [-0.15, -0.1) is 0 Å². The molecule has 102 valence electrons. The lowest BCUT2D eigenvalue weighted by molar-refractivity contribution is -0.388. The van der Waals surface area contributed by atoms with Gasteiger partial charge >= 0.3 is 5.97 Å². The molecule has 0 aliphatic rings. The van der Waals surface area contributed by atoms with E-state index in [1.165, 1.54) is 24.3 Å². The van der Waals surface area contributed by atoms with Gasteiger partial charge in [0.25, 0.3) is 5.69 Å². The molecule has 2 aromatic carbocycles. The molecule has 0 saturated carbocycles. The molecule has 0 saturated heterocycles. The molecule has 0 aliphatic carbocycles. The van der Waals surface area contributed by atoms with Crippen LogP contribution in [0.2, 0.25) is 0 Å². The Bertz CT molecular complexity index is 686. The summed E-state index contributed by atoms with van der Waals surface area (Å²) in [6.45, 7) is 0. The van der Waals surface area contributed by atoms with Crippen molar-refractivity contribution in [1.29, 1.82) is 0 Å². The van der Waals surface area contributed by atoms with Crippen molar-refractivity contribution in [2.75, 3.05) is 0 Å². The van der Waals surface area contributed by atoms with Gasteiger partial charge in [-0.1, -0.05) is 30.0 Å². The number of benzene rings is 2. The van der Waals surface area contributed by atoms with Crippen LogP contribution in [0.5, 0.6) is 5.75 Å². The zero-order valence-corrected chi connectivity index (χ0v) is 10.8. The molecule has 0 aromatic heterocycles. The summed E-state index contributed by atoms with van der Waals surface area (Å²) in [4.78, 5) is 22.0. The number of carbonyl (C=O) groups is 1. The van der Waals surface area contributed by atoms with Gasteiger partial charge in [-0.05, 0) is 24.3 Å². The predicted octanol–water partition coefficient (Wildman–Crippen LogP) is 3.15. The molecule has 0 heterocycles. The van der Waals surface area contributed by atoms with E-state index in [0.717, 1.165) is 11.8 Å². The van der Waals surface area contributed by atoms with Crippen molar-refractivity contribution in [3.8, 4) is 5.75 Å². The molecule has 2 rings (SSSR count). The van der Waals surface area contributed by atoms with Gasteiger partial charge in [0.2, 0.25) is 0 Å². The number of nitro groups is 1. The lowest BCUT2D eigenvalue weighted by Crippen LogP contribution is -2.03. The highest BCUT2D eigenvalue weighted by molar-refractivity contribution is 7.99. The largest absolute Gasteiger partial charge is 0.507 e. The first-order valence-electron chi connectivity index (χ1n) is 5.47. The zero-order chi connectivity index (χ0) is 14.7. The first-order valence-corrected chi connectivity index (χ1v) is 6.29. The van der Waals surface area contributed by atoms with Gasteiger partial charge in [0.05, 0.1) is 14.7 Å². The van der Waals surface area contributed by atoms with E-state index in [0.29, 0.717) is 4.90 Å². The number of nitro benzene ring substituents is 1. The maximum Gasteiger partial charge on any atom is 0.342 e. The summed E-state index contributed by atoms with van der Waals surface area (Å²) in [6, 6.07) is 10.4. The van der Waals surface area contributed by atoms with E-state index in [2.05, 4.69) is 0 Å². The average Bonchev–Trinajstić information content (AvgIpc) is 2.40. The number of hydrogen-bond acceptors (Lipinski definition) is 5. The highest BCUT2D eigenvalue weighted by Gasteiger charge is 2.25. The van der Waals surface area contributed by atoms with Gasteiger partial charge in [0.1, 0.15) is 11.3 Å². The number of phenols is 1. The average molecular weight is 291 g/mol. The summed E-state index contributed by atoms with van der Waals surface area (Å²) < 4.78 is 0. The van der Waals surface area contributed by atoms with E-state index in [9.17, 15) is 20.0 Å². The number of phenolic OH excluding ortho intramolecular Hbond substituents is 1. The number of rotatable bonds is 4. The Morgan fingerprint density at radius 3 is 2.35 bits per heavy atom. The minimum atomic E-state index is -1.36. The zero-order valence-electron chi connectivity index (χ0n) is 10.0. The minimum absolute atomic E-state index is 0.0208. The monoisotopic (exact) mass is 291 g/mol. The number of carboxylic acid groups (broad SMARTS) is 1. The van der Waals surface area contributed by atoms with Crippen molar-refractivity contribution in [3.63, 3.8) is 0 Å². The fraction of sp³-hybridized carbons (Fsp3) is 0. The summed E-state index contributed by atoms with van der Waals surface area (Å²) in [5, 5.41) is 29.8. The Balaban J connectivity index is 2.52. The second-order valence-corrected chi connectivity index (χ2v) is 4.87. The lowest BCUT2D eigenvalue weighted by Gasteiger charge is -2.06. The van der Waals surface area contributed by atoms with Gasteiger partial charge in [-0.25, -0.2) is 4.79 Å². The van der Waals surface area contributed by atoms with Crippen LogP contribution in [0.25, 0.3) is 0 Å². The van der Waals surface area contributed by atoms with Crippen molar-refractivity contribution >= 4 is 23.4 Å². The molecular weight excluding hydrogens is 282 g/mol. The number of hydrogen-bond donors (Lipinski definition) is 2. The van der Waals surface area contributed by atoms with Crippen molar-refractivity contribution < 1.29 is 19.9 Å². The summed E-state index contributed by atoms with van der Waals surface area (Å²) >= 11 is 0.946. The van der Waals surface area contributed by atoms with Crippen molar-refractivity contribution in [3.05, 3.63) is 58.1 Å². The van der Waals surface area contributed by atoms with E-state index in [4.69, 9.17) is 5.11 Å². The van der Waals surface area contributed by atoms with Gasteiger partial charge < -0.3 is 10.2 Å². The highest BCUT2D eigenvalue weighted by atomic mass is 32.2. The molecule has 7 heteroatoms. The lowest BCUT2D eigenvalue weighted by atomic mass is 10.2. The maximum absolute atomic E-state index is 11.1. The third-order valence-corrected chi connectivity index (χ3v) is 3.61. The molecule has 0 radical (unpaired) electrons. The van der Waals surface area contributed by atoms with Gasteiger partial charge in [0.15, 0.2) is 0 Å². The molecule has 2 aromatic rings. The van der Waals surface area contributed by atoms with Crippen LogP contribution >= 0.6 is 11.8 Å². The Hall–Kier alpha value is -2.54. The van der Waals surface area contributed by atoms with E-state index in [1.54, 1.807) is 18.2 Å². The number of aromatic carboxylic acids is 1. The van der Waals surface area contributed by atoms with Crippen LogP contribution in [0.15, 0.2) is 52.3 Å². The molecule has 0 amide bonds. The molecule has 6 nitrogen and oxygen atoms in total. The molecule has 0 spiro atoms. The third-order valence-electron chi connectivity index (χ3n) is 2.50. The maximum atomic E-state index is 11.1. The minimum Gasteiger partial charge on any atom is -0.507 e. The van der Waals surface area contributed by atoms with Gasteiger partial charge in [0, 0.05) is 0 Å². The summed E-state index contributed by atoms with van der Waals surface area (Å²) in [5.41, 5.74) is -0.858. The van der Waals surface area contributed by atoms with E-state index < -0.39 is 16.6 Å². The topological polar surface area (TPSA) is 101 Å².